The van der Waals surface area contributed by atoms with Gasteiger partial charge in [-0.1, -0.05) is 67.6 Å². The first-order chi connectivity index (χ1) is 18.6. The summed E-state index contributed by atoms with van der Waals surface area (Å²) in [5.74, 6) is 1.08. The Kier molecular flexibility index (Phi) is 7.84. The van der Waals surface area contributed by atoms with Gasteiger partial charge in [0.15, 0.2) is 0 Å². The zero-order valence-electron chi connectivity index (χ0n) is 21.4. The normalized spacial score (nSPS) is 11.8. The van der Waals surface area contributed by atoms with Gasteiger partial charge >= 0.3 is 0 Å². The van der Waals surface area contributed by atoms with Crippen LogP contribution in [0.15, 0.2) is 109 Å². The zero-order valence-corrected chi connectivity index (χ0v) is 21.4. The molecule has 0 saturated carbocycles. The average molecular weight is 507 g/mol. The van der Waals surface area contributed by atoms with E-state index in [9.17, 15) is 9.18 Å². The number of rotatable bonds is 10. The second-order valence-corrected chi connectivity index (χ2v) is 9.45. The first kappa shape index (κ1) is 25.3. The Balaban J connectivity index is 1.55. The number of hydrogen-bond acceptors (Lipinski definition) is 2. The first-order valence-corrected chi connectivity index (χ1v) is 13.0. The molecule has 1 amide bonds. The number of hydrogen-bond donors (Lipinski definition) is 1. The second-order valence-electron chi connectivity index (χ2n) is 9.45. The van der Waals surface area contributed by atoms with Crippen LogP contribution in [0.5, 0.6) is 11.5 Å². The quantitative estimate of drug-likeness (QED) is 0.211. The van der Waals surface area contributed by atoms with Crippen LogP contribution in [0.1, 0.15) is 42.4 Å². The number of aromatic nitrogens is 1. The summed E-state index contributed by atoms with van der Waals surface area (Å²) < 4.78 is 21.8. The number of nitrogens with zero attached hydrogens (tertiary/aromatic N) is 1. The highest BCUT2D eigenvalue weighted by Gasteiger charge is 2.23. The Bertz CT molecular complexity index is 1510. The highest BCUT2D eigenvalue weighted by molar-refractivity contribution is 5.87. The Morgan fingerprint density at radius 1 is 0.895 bits per heavy atom. The number of carbonyl (C=O) groups excluding carboxylic acids is 1. The van der Waals surface area contributed by atoms with Crippen molar-refractivity contribution in [1.82, 2.24) is 9.88 Å². The molecular weight excluding hydrogens is 475 g/mol. The van der Waals surface area contributed by atoms with Crippen molar-refractivity contribution in [3.05, 3.63) is 132 Å². The van der Waals surface area contributed by atoms with Crippen LogP contribution in [-0.4, -0.2) is 17.0 Å². The lowest BCUT2D eigenvalue weighted by Crippen LogP contribution is -2.26. The molecule has 4 nitrogen and oxygen atoms in total. The van der Waals surface area contributed by atoms with Crippen molar-refractivity contribution >= 4 is 16.8 Å². The highest BCUT2D eigenvalue weighted by Crippen LogP contribution is 2.37. The molecule has 5 aromatic rings. The SMILES string of the molecule is CCCNC(=O)CC(c1cccc(Oc2ccccc2)c1)c1cn(Cc2ccc(F)cc2)c2ccccc12. The maximum Gasteiger partial charge on any atom is 0.220 e. The van der Waals surface area contributed by atoms with Crippen LogP contribution in [0, 0.1) is 5.82 Å². The summed E-state index contributed by atoms with van der Waals surface area (Å²) in [6.07, 6.45) is 3.34. The summed E-state index contributed by atoms with van der Waals surface area (Å²) in [6.45, 7) is 3.30. The third kappa shape index (κ3) is 5.94. The van der Waals surface area contributed by atoms with Crippen molar-refractivity contribution < 1.29 is 13.9 Å². The lowest BCUT2D eigenvalue weighted by molar-refractivity contribution is -0.121. The highest BCUT2D eigenvalue weighted by atomic mass is 19.1. The molecule has 0 radical (unpaired) electrons. The van der Waals surface area contributed by atoms with Crippen molar-refractivity contribution in [1.29, 1.82) is 0 Å². The third-order valence-electron chi connectivity index (χ3n) is 6.66. The van der Waals surface area contributed by atoms with Crippen molar-refractivity contribution in [3.63, 3.8) is 0 Å². The number of halogens is 1. The lowest BCUT2D eigenvalue weighted by atomic mass is 9.88. The van der Waals surface area contributed by atoms with Crippen molar-refractivity contribution in [3.8, 4) is 11.5 Å². The maximum absolute atomic E-state index is 13.5. The van der Waals surface area contributed by atoms with E-state index in [0.717, 1.165) is 45.5 Å². The van der Waals surface area contributed by atoms with Gasteiger partial charge in [0.25, 0.3) is 0 Å². The molecule has 1 heterocycles. The molecule has 0 bridgehead atoms. The molecule has 0 spiro atoms. The van der Waals surface area contributed by atoms with Gasteiger partial charge in [-0.15, -0.1) is 0 Å². The van der Waals surface area contributed by atoms with Crippen LogP contribution >= 0.6 is 0 Å². The van der Waals surface area contributed by atoms with E-state index in [2.05, 4.69) is 34.3 Å². The van der Waals surface area contributed by atoms with Gasteiger partial charge in [-0.05, 0) is 65.6 Å². The van der Waals surface area contributed by atoms with Crippen LogP contribution in [0.25, 0.3) is 10.9 Å². The summed E-state index contributed by atoms with van der Waals surface area (Å²) in [5, 5.41) is 4.14. The summed E-state index contributed by atoms with van der Waals surface area (Å²) in [7, 11) is 0. The van der Waals surface area contributed by atoms with Gasteiger partial charge in [0.05, 0.1) is 0 Å². The van der Waals surface area contributed by atoms with E-state index < -0.39 is 0 Å². The molecule has 192 valence electrons. The van der Waals surface area contributed by atoms with E-state index in [1.54, 1.807) is 0 Å². The standard InChI is InChI=1S/C33H31FN2O2/c1-2-19-35-33(37)21-30(25-9-8-12-28(20-25)38-27-10-4-3-5-11-27)31-23-36(32-14-7-6-13-29(31)32)22-24-15-17-26(34)18-16-24/h3-18,20,23,30H,2,19,21-22H2,1H3,(H,35,37). The molecule has 0 aliphatic rings. The number of nitrogens with one attached hydrogen (secondary N) is 1. The third-order valence-corrected chi connectivity index (χ3v) is 6.66. The van der Waals surface area contributed by atoms with Crippen molar-refractivity contribution in [2.75, 3.05) is 6.54 Å². The minimum Gasteiger partial charge on any atom is -0.457 e. The predicted molar refractivity (Wildman–Crippen MR) is 150 cm³/mol. The molecule has 0 fully saturated rings. The summed E-state index contributed by atoms with van der Waals surface area (Å²) in [4.78, 5) is 13.0. The predicted octanol–water partition coefficient (Wildman–Crippen LogP) is 7.67. The zero-order chi connectivity index (χ0) is 26.3. The fourth-order valence-corrected chi connectivity index (χ4v) is 4.82. The molecule has 1 N–H and O–H groups in total. The fraction of sp³-hybridized carbons (Fsp3) is 0.182. The molecule has 0 saturated heterocycles. The van der Waals surface area contributed by atoms with Crippen LogP contribution in [0.4, 0.5) is 4.39 Å². The molecule has 1 atom stereocenters. The number of benzene rings is 4. The smallest absolute Gasteiger partial charge is 0.220 e. The van der Waals surface area contributed by atoms with E-state index in [0.29, 0.717) is 19.5 Å². The Morgan fingerprint density at radius 2 is 1.63 bits per heavy atom. The summed E-state index contributed by atoms with van der Waals surface area (Å²) >= 11 is 0. The van der Waals surface area contributed by atoms with Crippen LogP contribution in [0.3, 0.4) is 0 Å². The molecule has 38 heavy (non-hydrogen) atoms. The molecular formula is C33H31FN2O2. The number of fused-ring (bicyclic) bond motifs is 1. The first-order valence-electron chi connectivity index (χ1n) is 13.0. The Morgan fingerprint density at radius 3 is 2.42 bits per heavy atom. The molecule has 0 aliphatic carbocycles. The van der Waals surface area contributed by atoms with Gasteiger partial charge in [0, 0.05) is 42.5 Å². The Hall–Kier alpha value is -4.38. The van der Waals surface area contributed by atoms with E-state index in [1.165, 1.54) is 12.1 Å². The van der Waals surface area contributed by atoms with Crippen LogP contribution < -0.4 is 10.1 Å². The number of para-hydroxylation sites is 2. The van der Waals surface area contributed by atoms with Gasteiger partial charge in [-0.2, -0.15) is 0 Å². The van der Waals surface area contributed by atoms with Crippen LogP contribution in [-0.2, 0) is 11.3 Å². The summed E-state index contributed by atoms with van der Waals surface area (Å²) in [6, 6.07) is 32.5. The molecule has 1 aromatic heterocycles. The minimum absolute atomic E-state index is 0.0154. The van der Waals surface area contributed by atoms with Gasteiger partial charge in [-0.3, -0.25) is 4.79 Å². The number of ether oxygens (including phenoxy) is 1. The molecule has 5 rings (SSSR count). The molecule has 1 unspecified atom stereocenters. The minimum atomic E-state index is -0.248. The monoisotopic (exact) mass is 506 g/mol. The number of carbonyl (C=O) groups is 1. The van der Waals surface area contributed by atoms with Gasteiger partial charge in [-0.25, -0.2) is 4.39 Å². The van der Waals surface area contributed by atoms with E-state index in [1.807, 2.05) is 79.7 Å². The largest absolute Gasteiger partial charge is 0.457 e. The van der Waals surface area contributed by atoms with Crippen molar-refractivity contribution in [2.45, 2.75) is 32.2 Å². The van der Waals surface area contributed by atoms with E-state index in [-0.39, 0.29) is 17.6 Å². The Labute approximate surface area is 222 Å². The maximum atomic E-state index is 13.5. The fourth-order valence-electron chi connectivity index (χ4n) is 4.82. The molecule has 0 aliphatic heterocycles. The van der Waals surface area contributed by atoms with Gasteiger partial charge < -0.3 is 14.6 Å². The van der Waals surface area contributed by atoms with Crippen molar-refractivity contribution in [2.24, 2.45) is 0 Å². The lowest BCUT2D eigenvalue weighted by Gasteiger charge is -2.18. The summed E-state index contributed by atoms with van der Waals surface area (Å²) in [5.41, 5.74) is 4.16. The van der Waals surface area contributed by atoms with E-state index in [4.69, 9.17) is 4.74 Å². The van der Waals surface area contributed by atoms with Gasteiger partial charge in [0.2, 0.25) is 5.91 Å². The molecule has 4 aromatic carbocycles. The second kappa shape index (κ2) is 11.8. The van der Waals surface area contributed by atoms with E-state index >= 15 is 0 Å². The molecule has 5 heteroatoms. The number of amides is 1. The van der Waals surface area contributed by atoms with Crippen LogP contribution in [0.2, 0.25) is 0 Å². The van der Waals surface area contributed by atoms with Gasteiger partial charge in [0.1, 0.15) is 17.3 Å². The average Bonchev–Trinajstić information content (AvgIpc) is 3.30. The topological polar surface area (TPSA) is 43.3 Å².